The predicted octanol–water partition coefficient (Wildman–Crippen LogP) is 4.97. The first-order valence-electron chi connectivity index (χ1n) is 9.89. The third kappa shape index (κ3) is 3.37. The number of benzene rings is 2. The highest BCUT2D eigenvalue weighted by molar-refractivity contribution is 7.99. The lowest BCUT2D eigenvalue weighted by Gasteiger charge is -2.36. The average Bonchev–Trinajstić information content (AvgIpc) is 3.17. The van der Waals surface area contributed by atoms with Crippen LogP contribution in [0.3, 0.4) is 0 Å². The molecule has 1 aliphatic heterocycles. The Bertz CT molecular complexity index is 1210. The van der Waals surface area contributed by atoms with Crippen molar-refractivity contribution >= 4 is 28.6 Å². The number of pyridine rings is 1. The first-order chi connectivity index (χ1) is 14.7. The van der Waals surface area contributed by atoms with Crippen molar-refractivity contribution in [2.24, 2.45) is 0 Å². The van der Waals surface area contributed by atoms with E-state index in [9.17, 15) is 9.18 Å². The smallest absolute Gasteiger partial charge is 0.233 e. The number of thioether (sulfide) groups is 1. The fraction of sp³-hybridized carbons (Fsp3) is 0.167. The molecule has 0 spiro atoms. The summed E-state index contributed by atoms with van der Waals surface area (Å²) >= 11 is 1.40. The Hall–Kier alpha value is -3.12. The van der Waals surface area contributed by atoms with Crippen LogP contribution in [0, 0.1) is 5.82 Å². The van der Waals surface area contributed by atoms with Gasteiger partial charge in [0, 0.05) is 34.9 Å². The number of aromatic nitrogens is 2. The van der Waals surface area contributed by atoms with Gasteiger partial charge in [0.15, 0.2) is 0 Å². The molecule has 0 bridgehead atoms. The fourth-order valence-corrected chi connectivity index (χ4v) is 4.93. The molecule has 0 saturated heterocycles. The molecular formula is C24H20FN3OS. The van der Waals surface area contributed by atoms with Crippen LogP contribution < -0.4 is 0 Å². The lowest BCUT2D eigenvalue weighted by Crippen LogP contribution is -2.41. The summed E-state index contributed by atoms with van der Waals surface area (Å²) in [6, 6.07) is 20.0. The number of carbonyl (C=O) groups excluding carboxylic acids is 1. The van der Waals surface area contributed by atoms with Crippen molar-refractivity contribution in [3.8, 4) is 0 Å². The number of aromatic amines is 1. The topological polar surface area (TPSA) is 49.0 Å². The van der Waals surface area contributed by atoms with Crippen LogP contribution in [-0.2, 0) is 11.2 Å². The maximum atomic E-state index is 14.8. The van der Waals surface area contributed by atoms with Crippen LogP contribution in [0.15, 0.2) is 78.0 Å². The molecule has 1 N–H and O–H groups in total. The van der Waals surface area contributed by atoms with Gasteiger partial charge in [-0.05, 0) is 36.2 Å². The standard InChI is InChI=1S/C24H20FN3OS/c25-19-9-3-1-8-18(19)24-23-17(16-7-2-4-10-20(16)27-23)12-14-28(24)22(29)15-30-21-11-5-6-13-26-21/h1-11,13,24,27H,12,14-15H2/t24-/m1/s1. The van der Waals surface area contributed by atoms with E-state index in [2.05, 4.69) is 16.0 Å². The van der Waals surface area contributed by atoms with E-state index in [0.717, 1.165) is 28.0 Å². The summed E-state index contributed by atoms with van der Waals surface area (Å²) in [5.74, 6) is -0.0650. The molecule has 1 atom stereocenters. The summed E-state index contributed by atoms with van der Waals surface area (Å²) < 4.78 is 14.8. The van der Waals surface area contributed by atoms with Gasteiger partial charge in [0.1, 0.15) is 11.9 Å². The summed E-state index contributed by atoms with van der Waals surface area (Å²) in [7, 11) is 0. The van der Waals surface area contributed by atoms with Crippen LogP contribution in [0.4, 0.5) is 4.39 Å². The third-order valence-corrected chi connectivity index (χ3v) is 6.46. The number of halogens is 1. The Balaban J connectivity index is 1.53. The van der Waals surface area contributed by atoms with Crippen LogP contribution in [0.5, 0.6) is 0 Å². The average molecular weight is 418 g/mol. The van der Waals surface area contributed by atoms with E-state index in [1.807, 2.05) is 42.5 Å². The van der Waals surface area contributed by atoms with E-state index in [1.54, 1.807) is 23.2 Å². The highest BCUT2D eigenvalue weighted by Gasteiger charge is 2.35. The molecule has 2 aromatic heterocycles. The van der Waals surface area contributed by atoms with Gasteiger partial charge in [-0.15, -0.1) is 0 Å². The minimum absolute atomic E-state index is 0.0248. The second-order valence-electron chi connectivity index (χ2n) is 7.28. The molecule has 0 unspecified atom stereocenters. The van der Waals surface area contributed by atoms with Crippen LogP contribution in [-0.4, -0.2) is 33.1 Å². The second kappa shape index (κ2) is 7.95. The Morgan fingerprint density at radius 1 is 1.10 bits per heavy atom. The van der Waals surface area contributed by atoms with Gasteiger partial charge >= 0.3 is 0 Å². The van der Waals surface area contributed by atoms with Crippen LogP contribution >= 0.6 is 11.8 Å². The molecule has 1 amide bonds. The largest absolute Gasteiger partial charge is 0.356 e. The number of carbonyl (C=O) groups is 1. The van der Waals surface area contributed by atoms with Gasteiger partial charge < -0.3 is 9.88 Å². The van der Waals surface area contributed by atoms with Crippen molar-refractivity contribution in [3.63, 3.8) is 0 Å². The fourth-order valence-electron chi connectivity index (χ4n) is 4.18. The molecule has 5 rings (SSSR count). The Morgan fingerprint density at radius 3 is 2.73 bits per heavy atom. The molecular weight excluding hydrogens is 397 g/mol. The molecule has 0 fully saturated rings. The first-order valence-corrected chi connectivity index (χ1v) is 10.9. The number of rotatable bonds is 4. The van der Waals surface area contributed by atoms with E-state index in [-0.39, 0.29) is 17.5 Å². The van der Waals surface area contributed by atoms with Gasteiger partial charge in [0.05, 0.1) is 10.8 Å². The van der Waals surface area contributed by atoms with Gasteiger partial charge in [0.2, 0.25) is 5.91 Å². The highest BCUT2D eigenvalue weighted by atomic mass is 32.2. The molecule has 30 heavy (non-hydrogen) atoms. The monoisotopic (exact) mass is 417 g/mol. The zero-order valence-corrected chi connectivity index (χ0v) is 17.0. The summed E-state index contributed by atoms with van der Waals surface area (Å²) in [5, 5.41) is 1.94. The lowest BCUT2D eigenvalue weighted by molar-refractivity contribution is -0.130. The number of nitrogens with one attached hydrogen (secondary N) is 1. The minimum Gasteiger partial charge on any atom is -0.356 e. The second-order valence-corrected chi connectivity index (χ2v) is 8.28. The molecule has 3 heterocycles. The van der Waals surface area contributed by atoms with Crippen molar-refractivity contribution in [3.05, 3.63) is 95.6 Å². The normalized spacial score (nSPS) is 15.9. The van der Waals surface area contributed by atoms with Crippen molar-refractivity contribution in [1.29, 1.82) is 0 Å². The van der Waals surface area contributed by atoms with Crippen LogP contribution in [0.25, 0.3) is 10.9 Å². The number of nitrogens with zero attached hydrogens (tertiary/aromatic N) is 2. The number of para-hydroxylation sites is 1. The van der Waals surface area contributed by atoms with Crippen molar-refractivity contribution in [2.75, 3.05) is 12.3 Å². The lowest BCUT2D eigenvalue weighted by atomic mass is 9.92. The van der Waals surface area contributed by atoms with Gasteiger partial charge in [-0.2, -0.15) is 0 Å². The summed E-state index contributed by atoms with van der Waals surface area (Å²) in [6.45, 7) is 0.551. The molecule has 0 aliphatic carbocycles. The molecule has 6 heteroatoms. The summed E-state index contributed by atoms with van der Waals surface area (Å²) in [4.78, 5) is 22.8. The van der Waals surface area contributed by atoms with Crippen molar-refractivity contribution in [1.82, 2.24) is 14.9 Å². The van der Waals surface area contributed by atoms with Gasteiger partial charge in [-0.3, -0.25) is 4.79 Å². The number of fused-ring (bicyclic) bond motifs is 3. The van der Waals surface area contributed by atoms with Gasteiger partial charge in [0.25, 0.3) is 0 Å². The van der Waals surface area contributed by atoms with Crippen LogP contribution in [0.2, 0.25) is 0 Å². The molecule has 4 aromatic rings. The third-order valence-electron chi connectivity index (χ3n) is 5.54. The number of amides is 1. The Labute approximate surface area is 178 Å². The van der Waals surface area contributed by atoms with E-state index in [0.29, 0.717) is 12.1 Å². The Kier molecular flexibility index (Phi) is 5.01. The molecule has 0 radical (unpaired) electrons. The Morgan fingerprint density at radius 2 is 1.90 bits per heavy atom. The summed E-state index contributed by atoms with van der Waals surface area (Å²) in [5.41, 5.74) is 3.60. The molecule has 4 nitrogen and oxygen atoms in total. The summed E-state index contributed by atoms with van der Waals surface area (Å²) in [6.07, 6.45) is 2.46. The maximum Gasteiger partial charge on any atom is 0.233 e. The first kappa shape index (κ1) is 18.9. The van der Waals surface area contributed by atoms with Gasteiger partial charge in [-0.25, -0.2) is 9.37 Å². The van der Waals surface area contributed by atoms with Crippen LogP contribution in [0.1, 0.15) is 22.9 Å². The van der Waals surface area contributed by atoms with E-state index in [4.69, 9.17) is 0 Å². The minimum atomic E-state index is -0.473. The number of hydrogen-bond acceptors (Lipinski definition) is 3. The molecule has 2 aromatic carbocycles. The zero-order valence-electron chi connectivity index (χ0n) is 16.2. The predicted molar refractivity (Wildman–Crippen MR) is 117 cm³/mol. The van der Waals surface area contributed by atoms with Crippen molar-refractivity contribution in [2.45, 2.75) is 17.5 Å². The van der Waals surface area contributed by atoms with E-state index >= 15 is 0 Å². The molecule has 0 saturated carbocycles. The highest BCUT2D eigenvalue weighted by Crippen LogP contribution is 2.39. The SMILES string of the molecule is O=C(CSc1ccccn1)N1CCc2c([nH]c3ccccc23)[C@H]1c1ccccc1F. The van der Waals surface area contributed by atoms with E-state index in [1.165, 1.54) is 23.4 Å². The zero-order chi connectivity index (χ0) is 20.5. The number of hydrogen-bond donors (Lipinski definition) is 1. The van der Waals surface area contributed by atoms with Crippen molar-refractivity contribution < 1.29 is 9.18 Å². The maximum absolute atomic E-state index is 14.8. The number of H-pyrrole nitrogens is 1. The van der Waals surface area contributed by atoms with E-state index < -0.39 is 6.04 Å². The molecule has 150 valence electrons. The molecule has 1 aliphatic rings. The van der Waals surface area contributed by atoms with Gasteiger partial charge in [-0.1, -0.05) is 54.2 Å². The quantitative estimate of drug-likeness (QED) is 0.477.